The molecular weight excluding hydrogens is 324 g/mol. The van der Waals surface area contributed by atoms with Gasteiger partial charge in [-0.1, -0.05) is 23.7 Å². The second-order valence-electron chi connectivity index (χ2n) is 4.49. The van der Waals surface area contributed by atoms with E-state index in [0.29, 0.717) is 0 Å². The number of rotatable bonds is 4. The molecule has 2 rings (SSSR count). The number of pyridine rings is 1. The molecule has 1 heterocycles. The highest BCUT2D eigenvalue weighted by molar-refractivity contribution is 9.10. The Morgan fingerprint density at radius 3 is 2.79 bits per heavy atom. The van der Waals surface area contributed by atoms with Gasteiger partial charge in [0.1, 0.15) is 0 Å². The Labute approximate surface area is 127 Å². The molecule has 1 unspecified atom stereocenters. The Bertz CT molecular complexity index is 572. The maximum Gasteiger partial charge on any atom is 0.0548 e. The van der Waals surface area contributed by atoms with Crippen molar-refractivity contribution in [2.45, 2.75) is 19.4 Å². The van der Waals surface area contributed by atoms with Crippen LogP contribution in [-0.2, 0) is 6.42 Å². The van der Waals surface area contributed by atoms with E-state index >= 15 is 0 Å². The summed E-state index contributed by atoms with van der Waals surface area (Å²) in [6.07, 6.45) is 2.70. The van der Waals surface area contributed by atoms with E-state index in [2.05, 4.69) is 45.3 Å². The predicted molar refractivity (Wildman–Crippen MR) is 83.6 cm³/mol. The minimum atomic E-state index is 0.224. The Kier molecular flexibility index (Phi) is 4.97. The number of halogens is 2. The van der Waals surface area contributed by atoms with Crippen LogP contribution >= 0.6 is 27.5 Å². The Morgan fingerprint density at radius 1 is 1.37 bits per heavy atom. The fourth-order valence-corrected chi connectivity index (χ4v) is 2.56. The summed E-state index contributed by atoms with van der Waals surface area (Å²) in [4.78, 5) is 4.45. The number of aryl methyl sites for hydroxylation is 1. The molecule has 0 aliphatic carbocycles. The van der Waals surface area contributed by atoms with Crippen LogP contribution in [0.2, 0.25) is 5.02 Å². The number of likely N-dealkylation sites (N-methyl/N-ethyl adjacent to an activating group) is 1. The van der Waals surface area contributed by atoms with Gasteiger partial charge in [0, 0.05) is 28.8 Å². The van der Waals surface area contributed by atoms with Crippen LogP contribution in [0.5, 0.6) is 0 Å². The smallest absolute Gasteiger partial charge is 0.0548 e. The first-order valence-corrected chi connectivity index (χ1v) is 7.31. The van der Waals surface area contributed by atoms with Crippen LogP contribution in [0, 0.1) is 6.92 Å². The van der Waals surface area contributed by atoms with E-state index in [-0.39, 0.29) is 6.04 Å². The first-order valence-electron chi connectivity index (χ1n) is 6.14. The Morgan fingerprint density at radius 2 is 2.16 bits per heavy atom. The molecule has 1 atom stereocenters. The lowest BCUT2D eigenvalue weighted by Gasteiger charge is -2.18. The van der Waals surface area contributed by atoms with Crippen LogP contribution in [0.4, 0.5) is 0 Å². The monoisotopic (exact) mass is 338 g/mol. The Hall–Kier alpha value is -0.900. The van der Waals surface area contributed by atoms with Gasteiger partial charge in [-0.3, -0.25) is 4.98 Å². The van der Waals surface area contributed by atoms with Gasteiger partial charge in [-0.05, 0) is 59.2 Å². The third-order valence-electron chi connectivity index (χ3n) is 3.21. The number of aromatic nitrogens is 1. The largest absolute Gasteiger partial charge is 0.313 e. The number of benzene rings is 1. The second-order valence-corrected chi connectivity index (χ2v) is 5.75. The highest BCUT2D eigenvalue weighted by atomic mass is 79.9. The molecule has 1 aromatic carbocycles. The molecule has 2 nitrogen and oxygen atoms in total. The van der Waals surface area contributed by atoms with Crippen molar-refractivity contribution in [3.8, 4) is 0 Å². The molecule has 0 amide bonds. The third kappa shape index (κ3) is 3.56. The molecule has 0 bridgehead atoms. The topological polar surface area (TPSA) is 24.9 Å². The van der Waals surface area contributed by atoms with Crippen molar-refractivity contribution in [1.82, 2.24) is 10.3 Å². The van der Waals surface area contributed by atoms with Gasteiger partial charge < -0.3 is 5.32 Å². The zero-order chi connectivity index (χ0) is 13.8. The molecule has 4 heteroatoms. The summed E-state index contributed by atoms with van der Waals surface area (Å²) in [5.74, 6) is 0. The van der Waals surface area contributed by atoms with E-state index in [4.69, 9.17) is 11.6 Å². The van der Waals surface area contributed by atoms with E-state index in [9.17, 15) is 0 Å². The number of hydrogen-bond acceptors (Lipinski definition) is 2. The third-order valence-corrected chi connectivity index (χ3v) is 4.42. The highest BCUT2D eigenvalue weighted by Gasteiger charge is 2.13. The molecule has 0 fully saturated rings. The summed E-state index contributed by atoms with van der Waals surface area (Å²) in [5.41, 5.74) is 3.53. The van der Waals surface area contributed by atoms with Crippen molar-refractivity contribution < 1.29 is 0 Å². The van der Waals surface area contributed by atoms with Gasteiger partial charge >= 0.3 is 0 Å². The minimum Gasteiger partial charge on any atom is -0.313 e. The summed E-state index contributed by atoms with van der Waals surface area (Å²) < 4.78 is 0.921. The van der Waals surface area contributed by atoms with Crippen molar-refractivity contribution >= 4 is 27.5 Å². The lowest BCUT2D eigenvalue weighted by molar-refractivity contribution is 0.582. The number of nitrogens with zero attached hydrogens (tertiary/aromatic N) is 1. The first-order chi connectivity index (χ1) is 9.11. The molecule has 0 aliphatic heterocycles. The quantitative estimate of drug-likeness (QED) is 0.898. The van der Waals surface area contributed by atoms with E-state index in [0.717, 1.165) is 21.6 Å². The van der Waals surface area contributed by atoms with Crippen LogP contribution < -0.4 is 5.32 Å². The van der Waals surface area contributed by atoms with Gasteiger partial charge in [0.2, 0.25) is 0 Å². The van der Waals surface area contributed by atoms with E-state index < -0.39 is 0 Å². The maximum absolute atomic E-state index is 6.03. The van der Waals surface area contributed by atoms with E-state index in [1.54, 1.807) is 0 Å². The van der Waals surface area contributed by atoms with Gasteiger partial charge in [0.05, 0.1) is 5.02 Å². The van der Waals surface area contributed by atoms with Crippen LogP contribution in [0.3, 0.4) is 0 Å². The highest BCUT2D eigenvalue weighted by Crippen LogP contribution is 2.27. The van der Waals surface area contributed by atoms with Gasteiger partial charge in [-0.2, -0.15) is 0 Å². The zero-order valence-electron chi connectivity index (χ0n) is 11.0. The fourth-order valence-electron chi connectivity index (χ4n) is 2.04. The van der Waals surface area contributed by atoms with Gasteiger partial charge in [-0.15, -0.1) is 0 Å². The van der Waals surface area contributed by atoms with Gasteiger partial charge in [0.15, 0.2) is 0 Å². The van der Waals surface area contributed by atoms with Gasteiger partial charge in [0.25, 0.3) is 0 Å². The lowest BCUT2D eigenvalue weighted by atomic mass is 10.00. The molecule has 100 valence electrons. The van der Waals surface area contributed by atoms with Crippen LogP contribution in [-0.4, -0.2) is 12.0 Å². The van der Waals surface area contributed by atoms with Crippen molar-refractivity contribution in [1.29, 1.82) is 0 Å². The zero-order valence-corrected chi connectivity index (χ0v) is 13.3. The SMILES string of the molecule is CNC(Cc1ncccc1C)c1ccc(Cl)c(Br)c1. The number of hydrogen-bond donors (Lipinski definition) is 1. The Balaban J connectivity index is 2.25. The number of nitrogens with one attached hydrogen (secondary N) is 1. The summed E-state index contributed by atoms with van der Waals surface area (Å²) >= 11 is 9.50. The molecule has 2 aromatic rings. The van der Waals surface area contributed by atoms with Crippen molar-refractivity contribution in [3.05, 3.63) is 62.8 Å². The standard InChI is InChI=1S/C15H16BrClN2/c1-10-4-3-7-19-14(10)9-15(18-2)11-5-6-13(17)12(16)8-11/h3-8,15,18H,9H2,1-2H3. The summed E-state index contributed by atoms with van der Waals surface area (Å²) in [6.45, 7) is 2.09. The van der Waals surface area contributed by atoms with E-state index in [1.807, 2.05) is 31.4 Å². The van der Waals surface area contributed by atoms with Crippen LogP contribution in [0.15, 0.2) is 41.0 Å². The fraction of sp³-hybridized carbons (Fsp3) is 0.267. The van der Waals surface area contributed by atoms with Crippen LogP contribution in [0.25, 0.3) is 0 Å². The summed E-state index contributed by atoms with van der Waals surface area (Å²) in [7, 11) is 1.96. The van der Waals surface area contributed by atoms with Crippen molar-refractivity contribution in [2.75, 3.05) is 7.05 Å². The second kappa shape index (κ2) is 6.51. The average Bonchev–Trinajstić information content (AvgIpc) is 2.41. The molecular formula is C15H16BrClN2. The first kappa shape index (κ1) is 14.5. The van der Waals surface area contributed by atoms with E-state index in [1.165, 1.54) is 11.1 Å². The molecule has 1 aromatic heterocycles. The maximum atomic E-state index is 6.03. The predicted octanol–water partition coefficient (Wildman–Crippen LogP) is 4.31. The van der Waals surface area contributed by atoms with Crippen molar-refractivity contribution in [2.24, 2.45) is 0 Å². The molecule has 1 N–H and O–H groups in total. The normalized spacial score (nSPS) is 12.4. The lowest BCUT2D eigenvalue weighted by Crippen LogP contribution is -2.19. The van der Waals surface area contributed by atoms with Crippen molar-refractivity contribution in [3.63, 3.8) is 0 Å². The molecule has 0 saturated heterocycles. The molecule has 19 heavy (non-hydrogen) atoms. The minimum absolute atomic E-state index is 0.224. The molecule has 0 radical (unpaired) electrons. The molecule has 0 saturated carbocycles. The van der Waals surface area contributed by atoms with Crippen LogP contribution in [0.1, 0.15) is 22.9 Å². The van der Waals surface area contributed by atoms with Gasteiger partial charge in [-0.25, -0.2) is 0 Å². The molecule has 0 aliphatic rings. The molecule has 0 spiro atoms. The summed E-state index contributed by atoms with van der Waals surface area (Å²) in [6, 6.07) is 10.3. The summed E-state index contributed by atoms with van der Waals surface area (Å²) in [5, 5.41) is 4.07. The average molecular weight is 340 g/mol.